The van der Waals surface area contributed by atoms with Crippen LogP contribution in [-0.4, -0.2) is 56.9 Å². The van der Waals surface area contributed by atoms with E-state index in [4.69, 9.17) is 10.00 Å². The van der Waals surface area contributed by atoms with Crippen molar-refractivity contribution in [2.75, 3.05) is 44.7 Å². The number of anilines is 1. The van der Waals surface area contributed by atoms with E-state index in [1.165, 1.54) is 11.8 Å². The molecule has 0 spiro atoms. The quantitative estimate of drug-likeness (QED) is 0.537. The summed E-state index contributed by atoms with van der Waals surface area (Å²) in [6.07, 6.45) is 4.46. The molecule has 1 saturated carbocycles. The van der Waals surface area contributed by atoms with Crippen molar-refractivity contribution < 1.29 is 13.9 Å². The predicted molar refractivity (Wildman–Crippen MR) is 146 cm³/mol. The Hall–Kier alpha value is -3.11. The van der Waals surface area contributed by atoms with Gasteiger partial charge < -0.3 is 19.9 Å². The number of alkyl carbamates (subject to hydrolysis) is 1. The van der Waals surface area contributed by atoms with E-state index >= 15 is 0 Å². The molecule has 1 N–H and O–H groups in total. The standard InChI is InChI=1S/C31H39FN4O2/c1-31(25-5-3-6-26(32)17-25,28-7-4-8-29(28)38-30(37)34-2)24-13-15-35(16-14-24)19-23-20-36(21-23)27-11-9-22(18-33)10-12-27/h3,5-6,9-12,17,23-24,28-29H,4,7-8,13-16,19-21H2,1-2H3,(H,34,37)/t28-,29-,31?/m0/s1. The Balaban J connectivity index is 1.23. The van der Waals surface area contributed by atoms with Gasteiger partial charge in [0.15, 0.2) is 0 Å². The number of amides is 1. The van der Waals surface area contributed by atoms with Crippen molar-refractivity contribution in [1.82, 2.24) is 10.2 Å². The molecule has 6 nitrogen and oxygen atoms in total. The molecule has 2 aromatic carbocycles. The highest BCUT2D eigenvalue weighted by atomic mass is 19.1. The lowest BCUT2D eigenvalue weighted by atomic mass is 9.60. The van der Waals surface area contributed by atoms with Crippen LogP contribution >= 0.6 is 0 Å². The number of hydrogen-bond donors (Lipinski definition) is 1. The van der Waals surface area contributed by atoms with E-state index in [1.54, 1.807) is 13.1 Å². The highest BCUT2D eigenvalue weighted by molar-refractivity contribution is 5.67. The third kappa shape index (κ3) is 5.37. The first-order valence-corrected chi connectivity index (χ1v) is 14.0. The molecule has 0 bridgehead atoms. The van der Waals surface area contributed by atoms with Gasteiger partial charge in [0.05, 0.1) is 11.6 Å². The lowest BCUT2D eigenvalue weighted by Crippen LogP contribution is -2.54. The van der Waals surface area contributed by atoms with E-state index in [0.29, 0.717) is 17.4 Å². The van der Waals surface area contributed by atoms with Crippen LogP contribution in [0.4, 0.5) is 14.9 Å². The summed E-state index contributed by atoms with van der Waals surface area (Å²) in [6, 6.07) is 17.1. The average Bonchev–Trinajstić information content (AvgIpc) is 3.39. The Kier molecular flexibility index (Phi) is 7.90. The van der Waals surface area contributed by atoms with Gasteiger partial charge in [-0.3, -0.25) is 0 Å². The average molecular weight is 519 g/mol. The second kappa shape index (κ2) is 11.3. The van der Waals surface area contributed by atoms with Gasteiger partial charge in [0.1, 0.15) is 11.9 Å². The number of rotatable bonds is 7. The Morgan fingerprint density at radius 3 is 2.53 bits per heavy atom. The molecule has 2 saturated heterocycles. The van der Waals surface area contributed by atoms with Crippen LogP contribution in [0.25, 0.3) is 0 Å². The molecule has 38 heavy (non-hydrogen) atoms. The maximum Gasteiger partial charge on any atom is 0.407 e. The van der Waals surface area contributed by atoms with Crippen LogP contribution < -0.4 is 10.2 Å². The number of ether oxygens (including phenoxy) is 1. The summed E-state index contributed by atoms with van der Waals surface area (Å²) in [7, 11) is 1.60. The fraction of sp³-hybridized carbons (Fsp3) is 0.548. The fourth-order valence-electron chi connectivity index (χ4n) is 7.25. The molecule has 0 radical (unpaired) electrons. The maximum atomic E-state index is 14.4. The van der Waals surface area contributed by atoms with Crippen molar-refractivity contribution in [3.63, 3.8) is 0 Å². The zero-order valence-corrected chi connectivity index (χ0v) is 22.5. The van der Waals surface area contributed by atoms with Crippen LogP contribution in [0.15, 0.2) is 48.5 Å². The highest BCUT2D eigenvalue weighted by Gasteiger charge is 2.50. The van der Waals surface area contributed by atoms with Crippen LogP contribution in [0, 0.1) is 34.9 Å². The predicted octanol–water partition coefficient (Wildman–Crippen LogP) is 5.33. The van der Waals surface area contributed by atoms with Gasteiger partial charge in [0.2, 0.25) is 0 Å². The molecule has 1 aliphatic carbocycles. The summed E-state index contributed by atoms with van der Waals surface area (Å²) in [4.78, 5) is 17.1. The second-order valence-electron chi connectivity index (χ2n) is 11.5. The summed E-state index contributed by atoms with van der Waals surface area (Å²) >= 11 is 0. The SMILES string of the molecule is CNC(=O)O[C@H]1CCC[C@@H]1C(C)(c1cccc(F)c1)C1CCN(CC2CN(c3ccc(C#N)cc3)C2)CC1. The molecule has 3 fully saturated rings. The van der Waals surface area contributed by atoms with E-state index < -0.39 is 0 Å². The number of piperidine rings is 1. The third-order valence-electron chi connectivity index (χ3n) is 9.40. The molecule has 2 aliphatic heterocycles. The van der Waals surface area contributed by atoms with Gasteiger partial charge in [-0.15, -0.1) is 0 Å². The molecular weight excluding hydrogens is 479 g/mol. The molecule has 1 amide bonds. The van der Waals surface area contributed by atoms with E-state index in [0.717, 1.165) is 70.4 Å². The first kappa shape index (κ1) is 26.5. The van der Waals surface area contributed by atoms with Crippen LogP contribution in [0.2, 0.25) is 0 Å². The first-order valence-electron chi connectivity index (χ1n) is 14.0. The van der Waals surface area contributed by atoms with E-state index in [-0.39, 0.29) is 29.3 Å². The van der Waals surface area contributed by atoms with E-state index in [9.17, 15) is 9.18 Å². The molecule has 5 rings (SSSR count). The van der Waals surface area contributed by atoms with Gasteiger partial charge in [0, 0.05) is 49.6 Å². The smallest absolute Gasteiger partial charge is 0.407 e. The molecule has 2 aromatic rings. The molecule has 3 aliphatic rings. The number of benzene rings is 2. The van der Waals surface area contributed by atoms with Crippen molar-refractivity contribution in [2.24, 2.45) is 17.8 Å². The molecule has 2 heterocycles. The minimum atomic E-state index is -0.381. The summed E-state index contributed by atoms with van der Waals surface area (Å²) in [5, 5.41) is 11.6. The van der Waals surface area contributed by atoms with Gasteiger partial charge in [-0.05, 0) is 93.1 Å². The summed E-state index contributed by atoms with van der Waals surface area (Å²) in [5.74, 6) is 1.02. The van der Waals surface area contributed by atoms with Gasteiger partial charge in [-0.2, -0.15) is 5.26 Å². The fourth-order valence-corrected chi connectivity index (χ4v) is 7.25. The lowest BCUT2D eigenvalue weighted by molar-refractivity contribution is 0.0172. The van der Waals surface area contributed by atoms with Crippen molar-refractivity contribution in [3.8, 4) is 6.07 Å². The lowest BCUT2D eigenvalue weighted by Gasteiger charge is -2.49. The minimum absolute atomic E-state index is 0.149. The zero-order valence-electron chi connectivity index (χ0n) is 22.5. The molecule has 7 heteroatoms. The van der Waals surface area contributed by atoms with Crippen molar-refractivity contribution in [3.05, 3.63) is 65.5 Å². The summed E-state index contributed by atoms with van der Waals surface area (Å²) in [5.41, 5.74) is 2.66. The van der Waals surface area contributed by atoms with Crippen LogP contribution in [0.3, 0.4) is 0 Å². The number of nitrogens with one attached hydrogen (secondary N) is 1. The number of nitrogens with zero attached hydrogens (tertiary/aromatic N) is 3. The normalized spacial score (nSPS) is 24.3. The number of nitriles is 1. The first-order chi connectivity index (χ1) is 18.4. The van der Waals surface area contributed by atoms with Crippen LogP contribution in [0.1, 0.15) is 50.2 Å². The minimum Gasteiger partial charge on any atom is -0.446 e. The number of carbonyl (C=O) groups excluding carboxylic acids is 1. The Labute approximate surface area is 225 Å². The second-order valence-corrected chi connectivity index (χ2v) is 11.5. The van der Waals surface area contributed by atoms with Crippen LogP contribution in [-0.2, 0) is 10.2 Å². The molecule has 3 atom stereocenters. The number of likely N-dealkylation sites (tertiary alicyclic amines) is 1. The monoisotopic (exact) mass is 518 g/mol. The van der Waals surface area contributed by atoms with Crippen molar-refractivity contribution in [1.29, 1.82) is 5.26 Å². The van der Waals surface area contributed by atoms with Gasteiger partial charge in [-0.25, -0.2) is 9.18 Å². The topological polar surface area (TPSA) is 68.6 Å². The number of hydrogen-bond acceptors (Lipinski definition) is 5. The van der Waals surface area contributed by atoms with Gasteiger partial charge in [-0.1, -0.05) is 19.1 Å². The van der Waals surface area contributed by atoms with E-state index in [1.807, 2.05) is 30.3 Å². The zero-order chi connectivity index (χ0) is 26.7. The highest BCUT2D eigenvalue weighted by Crippen LogP contribution is 2.51. The molecular formula is C31H39FN4O2. The number of halogens is 1. The molecule has 202 valence electrons. The third-order valence-corrected chi connectivity index (χ3v) is 9.40. The van der Waals surface area contributed by atoms with Crippen LogP contribution in [0.5, 0.6) is 0 Å². The Morgan fingerprint density at radius 2 is 1.87 bits per heavy atom. The molecule has 0 aromatic heterocycles. The summed E-state index contributed by atoms with van der Waals surface area (Å²) in [6.45, 7) is 7.57. The van der Waals surface area contributed by atoms with Gasteiger partial charge in [0.25, 0.3) is 0 Å². The van der Waals surface area contributed by atoms with E-state index in [2.05, 4.69) is 34.2 Å². The maximum absolute atomic E-state index is 14.4. The van der Waals surface area contributed by atoms with Gasteiger partial charge >= 0.3 is 6.09 Å². The van der Waals surface area contributed by atoms with Crippen molar-refractivity contribution in [2.45, 2.75) is 50.5 Å². The molecule has 1 unspecified atom stereocenters. The summed E-state index contributed by atoms with van der Waals surface area (Å²) < 4.78 is 20.3. The Morgan fingerprint density at radius 1 is 1.13 bits per heavy atom. The van der Waals surface area contributed by atoms with Crippen molar-refractivity contribution >= 4 is 11.8 Å². The number of carbonyl (C=O) groups is 1. The largest absolute Gasteiger partial charge is 0.446 e. The Bertz CT molecular complexity index is 1150.